The van der Waals surface area contributed by atoms with E-state index in [2.05, 4.69) is 26.1 Å². The molecule has 0 radical (unpaired) electrons. The standard InChI is InChI=1S/C12H18F3NS/c1-11(2,3)10-6-5-9(17-10)8(16-4)7-12(13,14)15/h5-6,8,16H,7H2,1-4H3. The topological polar surface area (TPSA) is 12.0 Å². The molecule has 1 aromatic heterocycles. The average Bonchev–Trinajstić information content (AvgIpc) is 2.60. The Morgan fingerprint density at radius 1 is 1.24 bits per heavy atom. The van der Waals surface area contributed by atoms with Gasteiger partial charge < -0.3 is 5.32 Å². The molecule has 0 aromatic carbocycles. The van der Waals surface area contributed by atoms with Gasteiger partial charge in [-0.25, -0.2) is 0 Å². The molecule has 0 saturated carbocycles. The number of hydrogen-bond donors (Lipinski definition) is 1. The molecule has 1 N–H and O–H groups in total. The fraction of sp³-hybridized carbons (Fsp3) is 0.667. The van der Waals surface area contributed by atoms with E-state index in [1.54, 1.807) is 13.1 Å². The third kappa shape index (κ3) is 4.32. The molecular formula is C12H18F3NS. The normalized spacial score (nSPS) is 15.0. The summed E-state index contributed by atoms with van der Waals surface area (Å²) in [5, 5.41) is 2.73. The van der Waals surface area contributed by atoms with Crippen molar-refractivity contribution in [3.8, 4) is 0 Å². The number of nitrogens with one attached hydrogen (secondary N) is 1. The van der Waals surface area contributed by atoms with Gasteiger partial charge in [-0.2, -0.15) is 13.2 Å². The first-order valence-electron chi connectivity index (χ1n) is 5.48. The summed E-state index contributed by atoms with van der Waals surface area (Å²) in [6, 6.07) is 3.06. The molecule has 1 heterocycles. The van der Waals surface area contributed by atoms with Gasteiger partial charge in [-0.05, 0) is 24.6 Å². The summed E-state index contributed by atoms with van der Waals surface area (Å²) in [4.78, 5) is 1.85. The minimum absolute atomic E-state index is 0.0144. The van der Waals surface area contributed by atoms with Gasteiger partial charge in [0, 0.05) is 15.8 Å². The molecular weight excluding hydrogens is 247 g/mol. The Hall–Kier alpha value is -0.550. The monoisotopic (exact) mass is 265 g/mol. The van der Waals surface area contributed by atoms with Crippen molar-refractivity contribution in [1.82, 2.24) is 5.32 Å². The molecule has 1 unspecified atom stereocenters. The summed E-state index contributed by atoms with van der Waals surface area (Å²) in [5.41, 5.74) is -0.0144. The van der Waals surface area contributed by atoms with Crippen LogP contribution in [0.2, 0.25) is 0 Å². The maximum Gasteiger partial charge on any atom is 0.390 e. The fourth-order valence-electron chi connectivity index (χ4n) is 1.52. The van der Waals surface area contributed by atoms with Crippen LogP contribution in [-0.2, 0) is 5.41 Å². The lowest BCUT2D eigenvalue weighted by molar-refractivity contribution is -0.140. The molecule has 0 fully saturated rings. The van der Waals surface area contributed by atoms with Crippen LogP contribution in [0, 0.1) is 0 Å². The van der Waals surface area contributed by atoms with Gasteiger partial charge in [-0.1, -0.05) is 20.8 Å². The molecule has 0 aliphatic rings. The van der Waals surface area contributed by atoms with Crippen LogP contribution in [0.5, 0.6) is 0 Å². The molecule has 1 aromatic rings. The smallest absolute Gasteiger partial charge is 0.312 e. The van der Waals surface area contributed by atoms with Crippen molar-refractivity contribution in [3.63, 3.8) is 0 Å². The largest absolute Gasteiger partial charge is 0.390 e. The van der Waals surface area contributed by atoms with Gasteiger partial charge in [0.1, 0.15) is 0 Å². The average molecular weight is 265 g/mol. The molecule has 0 spiro atoms. The lowest BCUT2D eigenvalue weighted by Crippen LogP contribution is -2.22. The second kappa shape index (κ2) is 4.98. The van der Waals surface area contributed by atoms with E-state index >= 15 is 0 Å². The molecule has 1 atom stereocenters. The highest BCUT2D eigenvalue weighted by Crippen LogP contribution is 2.36. The van der Waals surface area contributed by atoms with Gasteiger partial charge in [0.25, 0.3) is 0 Å². The van der Waals surface area contributed by atoms with Crippen molar-refractivity contribution < 1.29 is 13.2 Å². The highest BCUT2D eigenvalue weighted by molar-refractivity contribution is 7.12. The number of hydrogen-bond acceptors (Lipinski definition) is 2. The highest BCUT2D eigenvalue weighted by atomic mass is 32.1. The molecule has 17 heavy (non-hydrogen) atoms. The van der Waals surface area contributed by atoms with E-state index in [-0.39, 0.29) is 5.41 Å². The van der Waals surface area contributed by atoms with Crippen LogP contribution in [0.4, 0.5) is 13.2 Å². The van der Waals surface area contributed by atoms with Gasteiger partial charge in [-0.3, -0.25) is 0 Å². The summed E-state index contributed by atoms with van der Waals surface area (Å²) < 4.78 is 37.2. The summed E-state index contributed by atoms with van der Waals surface area (Å²) in [5.74, 6) is 0. The SMILES string of the molecule is CNC(CC(F)(F)F)c1ccc(C(C)(C)C)s1. The molecule has 0 aliphatic carbocycles. The van der Waals surface area contributed by atoms with Gasteiger partial charge in [0.05, 0.1) is 6.42 Å². The second-order valence-electron chi connectivity index (χ2n) is 5.11. The molecule has 5 heteroatoms. The zero-order valence-corrected chi connectivity index (χ0v) is 11.3. The molecule has 0 bridgehead atoms. The Morgan fingerprint density at radius 2 is 1.82 bits per heavy atom. The van der Waals surface area contributed by atoms with Crippen molar-refractivity contribution in [1.29, 1.82) is 0 Å². The van der Waals surface area contributed by atoms with Gasteiger partial charge in [0.15, 0.2) is 0 Å². The summed E-state index contributed by atoms with van der Waals surface area (Å²) in [7, 11) is 1.56. The zero-order valence-electron chi connectivity index (χ0n) is 10.5. The molecule has 0 amide bonds. The van der Waals surface area contributed by atoms with Crippen LogP contribution in [0.25, 0.3) is 0 Å². The molecule has 0 saturated heterocycles. The molecule has 1 rings (SSSR count). The van der Waals surface area contributed by atoms with Crippen molar-refractivity contribution in [2.75, 3.05) is 7.05 Å². The van der Waals surface area contributed by atoms with Crippen molar-refractivity contribution in [2.45, 2.75) is 44.8 Å². The Morgan fingerprint density at radius 3 is 2.18 bits per heavy atom. The van der Waals surface area contributed by atoms with Crippen LogP contribution >= 0.6 is 11.3 Å². The Labute approximate surface area is 104 Å². The van der Waals surface area contributed by atoms with Crippen LogP contribution in [0.1, 0.15) is 43.0 Å². The van der Waals surface area contributed by atoms with Crippen molar-refractivity contribution >= 4 is 11.3 Å². The molecule has 0 aliphatic heterocycles. The fourth-order valence-corrected chi connectivity index (χ4v) is 2.70. The third-order valence-corrected chi connectivity index (χ3v) is 4.12. The van der Waals surface area contributed by atoms with E-state index in [1.165, 1.54) is 11.3 Å². The first-order chi connectivity index (χ1) is 7.63. The Bertz CT molecular complexity index is 363. The van der Waals surface area contributed by atoms with Crippen molar-refractivity contribution in [2.24, 2.45) is 0 Å². The van der Waals surface area contributed by atoms with E-state index in [1.807, 2.05) is 6.07 Å². The number of thiophene rings is 1. The Balaban J connectivity index is 2.87. The molecule has 1 nitrogen and oxygen atoms in total. The van der Waals surface area contributed by atoms with E-state index in [4.69, 9.17) is 0 Å². The second-order valence-corrected chi connectivity index (χ2v) is 6.23. The lowest BCUT2D eigenvalue weighted by Gasteiger charge is -2.18. The maximum absolute atomic E-state index is 12.4. The number of halogens is 3. The zero-order chi connectivity index (χ0) is 13.3. The first-order valence-corrected chi connectivity index (χ1v) is 6.29. The first kappa shape index (κ1) is 14.5. The van der Waals surface area contributed by atoms with Gasteiger partial charge in [0.2, 0.25) is 0 Å². The lowest BCUT2D eigenvalue weighted by atomic mass is 9.95. The van der Waals surface area contributed by atoms with E-state index < -0.39 is 18.6 Å². The minimum Gasteiger partial charge on any atom is -0.312 e. The van der Waals surface area contributed by atoms with Crippen LogP contribution in [0.3, 0.4) is 0 Å². The highest BCUT2D eigenvalue weighted by Gasteiger charge is 2.33. The molecule has 98 valence electrons. The van der Waals surface area contributed by atoms with E-state index in [9.17, 15) is 13.2 Å². The number of alkyl halides is 3. The summed E-state index contributed by atoms with van der Waals surface area (Å²) >= 11 is 1.45. The van der Waals surface area contributed by atoms with Crippen LogP contribution in [0.15, 0.2) is 12.1 Å². The summed E-state index contributed by atoms with van der Waals surface area (Å²) in [6.45, 7) is 6.17. The van der Waals surface area contributed by atoms with E-state index in [0.717, 1.165) is 9.75 Å². The van der Waals surface area contributed by atoms with Gasteiger partial charge in [-0.15, -0.1) is 11.3 Å². The minimum atomic E-state index is -4.14. The van der Waals surface area contributed by atoms with Gasteiger partial charge >= 0.3 is 6.18 Å². The summed E-state index contributed by atoms with van der Waals surface area (Å²) in [6.07, 6.45) is -4.97. The maximum atomic E-state index is 12.4. The van der Waals surface area contributed by atoms with Crippen LogP contribution in [-0.4, -0.2) is 13.2 Å². The quantitative estimate of drug-likeness (QED) is 0.861. The van der Waals surface area contributed by atoms with E-state index in [0.29, 0.717) is 0 Å². The number of rotatable bonds is 3. The third-order valence-electron chi connectivity index (χ3n) is 2.49. The predicted octanol–water partition coefficient (Wildman–Crippen LogP) is 4.26. The Kier molecular flexibility index (Phi) is 4.25. The predicted molar refractivity (Wildman–Crippen MR) is 65.5 cm³/mol. The van der Waals surface area contributed by atoms with Crippen LogP contribution < -0.4 is 5.32 Å². The van der Waals surface area contributed by atoms with Crippen molar-refractivity contribution in [3.05, 3.63) is 21.9 Å².